The Morgan fingerprint density at radius 1 is 1.65 bits per heavy atom. The Hall–Kier alpha value is -1.56. The Morgan fingerprint density at radius 2 is 2.50 bits per heavy atom. The molecule has 112 valence electrons. The first-order valence-electron chi connectivity index (χ1n) is 7.28. The molecule has 1 saturated heterocycles. The fourth-order valence-electron chi connectivity index (χ4n) is 2.45. The van der Waals surface area contributed by atoms with Gasteiger partial charge in [0.15, 0.2) is 0 Å². The highest BCUT2D eigenvalue weighted by atomic mass is 16.5. The summed E-state index contributed by atoms with van der Waals surface area (Å²) in [5.74, 6) is 0.477. The number of ether oxygens (including phenoxy) is 1. The smallest absolute Gasteiger partial charge is 0.317 e. The minimum Gasteiger partial charge on any atom is -0.381 e. The summed E-state index contributed by atoms with van der Waals surface area (Å²) in [7, 11) is 0. The van der Waals surface area contributed by atoms with Crippen LogP contribution in [0.3, 0.4) is 0 Å². The molecule has 6 nitrogen and oxygen atoms in total. The molecular weight excluding hydrogens is 256 g/mol. The molecule has 0 spiro atoms. The molecular formula is C14H24N4O2. The number of carbonyl (C=O) groups is 1. The Balaban J connectivity index is 1.78. The molecule has 0 aliphatic carbocycles. The van der Waals surface area contributed by atoms with E-state index in [1.54, 1.807) is 12.5 Å². The van der Waals surface area contributed by atoms with Crippen LogP contribution in [0.2, 0.25) is 0 Å². The van der Waals surface area contributed by atoms with Crippen molar-refractivity contribution in [3.63, 3.8) is 0 Å². The molecule has 1 fully saturated rings. The zero-order valence-corrected chi connectivity index (χ0v) is 12.3. The standard InChI is InChI=1S/C14H24N4O2/c1-3-18(9-13-4-7-20-10-13)14(19)16-12(2)8-17-6-5-15-11-17/h5-6,11-13H,3-4,7-10H2,1-2H3,(H,16,19). The van der Waals surface area contributed by atoms with Crippen molar-refractivity contribution < 1.29 is 9.53 Å². The monoisotopic (exact) mass is 280 g/mol. The van der Waals surface area contributed by atoms with Crippen LogP contribution in [-0.4, -0.2) is 52.8 Å². The van der Waals surface area contributed by atoms with Crippen molar-refractivity contribution >= 4 is 6.03 Å². The fraction of sp³-hybridized carbons (Fsp3) is 0.714. The molecule has 2 unspecified atom stereocenters. The van der Waals surface area contributed by atoms with Crippen LogP contribution in [-0.2, 0) is 11.3 Å². The van der Waals surface area contributed by atoms with E-state index in [0.717, 1.165) is 39.3 Å². The first-order valence-corrected chi connectivity index (χ1v) is 7.28. The van der Waals surface area contributed by atoms with Crippen LogP contribution in [0.1, 0.15) is 20.3 Å². The number of hydrogen-bond acceptors (Lipinski definition) is 3. The van der Waals surface area contributed by atoms with Gasteiger partial charge in [0.2, 0.25) is 0 Å². The second kappa shape index (κ2) is 7.28. The zero-order chi connectivity index (χ0) is 14.4. The third kappa shape index (κ3) is 4.23. The average molecular weight is 280 g/mol. The van der Waals surface area contributed by atoms with Gasteiger partial charge < -0.3 is 19.5 Å². The molecule has 20 heavy (non-hydrogen) atoms. The largest absolute Gasteiger partial charge is 0.381 e. The second-order valence-electron chi connectivity index (χ2n) is 5.38. The van der Waals surface area contributed by atoms with Crippen molar-refractivity contribution in [2.45, 2.75) is 32.9 Å². The summed E-state index contributed by atoms with van der Waals surface area (Å²) < 4.78 is 7.33. The lowest BCUT2D eigenvalue weighted by atomic mass is 10.1. The van der Waals surface area contributed by atoms with Gasteiger partial charge in [-0.05, 0) is 20.3 Å². The van der Waals surface area contributed by atoms with Gasteiger partial charge in [-0.1, -0.05) is 0 Å². The lowest BCUT2D eigenvalue weighted by molar-refractivity contribution is 0.164. The first-order chi connectivity index (χ1) is 9.69. The summed E-state index contributed by atoms with van der Waals surface area (Å²) in [4.78, 5) is 18.1. The third-order valence-corrected chi connectivity index (χ3v) is 3.59. The van der Waals surface area contributed by atoms with Crippen molar-refractivity contribution in [2.24, 2.45) is 5.92 Å². The molecule has 1 N–H and O–H groups in total. The quantitative estimate of drug-likeness (QED) is 0.855. The molecule has 2 rings (SSSR count). The van der Waals surface area contributed by atoms with Crippen LogP contribution < -0.4 is 5.32 Å². The maximum absolute atomic E-state index is 12.3. The minimum absolute atomic E-state index is 0.00650. The summed E-state index contributed by atoms with van der Waals surface area (Å²) in [6.07, 6.45) is 6.45. The Labute approximate surface area is 120 Å². The number of rotatable bonds is 6. The van der Waals surface area contributed by atoms with E-state index >= 15 is 0 Å². The number of nitrogens with one attached hydrogen (secondary N) is 1. The number of imidazole rings is 1. The molecule has 1 aromatic heterocycles. The van der Waals surface area contributed by atoms with E-state index in [1.807, 2.05) is 29.5 Å². The fourth-order valence-corrected chi connectivity index (χ4v) is 2.45. The van der Waals surface area contributed by atoms with Gasteiger partial charge in [0.1, 0.15) is 0 Å². The molecule has 2 atom stereocenters. The predicted molar refractivity (Wildman–Crippen MR) is 76.4 cm³/mol. The SMILES string of the molecule is CCN(CC1CCOC1)C(=O)NC(C)Cn1ccnc1. The summed E-state index contributed by atoms with van der Waals surface area (Å²) in [6, 6.07) is 0.0811. The molecule has 2 heterocycles. The van der Waals surface area contributed by atoms with E-state index in [0.29, 0.717) is 5.92 Å². The van der Waals surface area contributed by atoms with Gasteiger partial charge in [-0.25, -0.2) is 9.78 Å². The van der Waals surface area contributed by atoms with Crippen LogP contribution >= 0.6 is 0 Å². The third-order valence-electron chi connectivity index (χ3n) is 3.59. The van der Waals surface area contributed by atoms with Crippen molar-refractivity contribution in [1.29, 1.82) is 0 Å². The van der Waals surface area contributed by atoms with Crippen LogP contribution in [0.25, 0.3) is 0 Å². The van der Waals surface area contributed by atoms with Crippen molar-refractivity contribution in [3.05, 3.63) is 18.7 Å². The summed E-state index contributed by atoms with van der Waals surface area (Å²) in [5.41, 5.74) is 0. The molecule has 1 aliphatic rings. The molecule has 0 bridgehead atoms. The van der Waals surface area contributed by atoms with Gasteiger partial charge >= 0.3 is 6.03 Å². The lowest BCUT2D eigenvalue weighted by Crippen LogP contribution is -2.46. The highest BCUT2D eigenvalue weighted by molar-refractivity contribution is 5.74. The van der Waals surface area contributed by atoms with Gasteiger partial charge in [-0.2, -0.15) is 0 Å². The van der Waals surface area contributed by atoms with Crippen LogP contribution in [0.4, 0.5) is 4.79 Å². The maximum Gasteiger partial charge on any atom is 0.317 e. The highest BCUT2D eigenvalue weighted by Crippen LogP contribution is 2.14. The lowest BCUT2D eigenvalue weighted by Gasteiger charge is -2.26. The minimum atomic E-state index is 0.00650. The molecule has 2 amide bonds. The Morgan fingerprint density at radius 3 is 3.10 bits per heavy atom. The molecule has 0 saturated carbocycles. The first kappa shape index (κ1) is 14.8. The molecule has 1 aliphatic heterocycles. The van der Waals surface area contributed by atoms with Gasteiger partial charge in [0, 0.05) is 50.6 Å². The van der Waals surface area contributed by atoms with Gasteiger partial charge in [0.25, 0.3) is 0 Å². The normalized spacial score (nSPS) is 19.8. The molecule has 1 aromatic rings. The van der Waals surface area contributed by atoms with Crippen molar-refractivity contribution in [2.75, 3.05) is 26.3 Å². The average Bonchev–Trinajstić information content (AvgIpc) is 3.08. The van der Waals surface area contributed by atoms with E-state index in [9.17, 15) is 4.79 Å². The van der Waals surface area contributed by atoms with Gasteiger partial charge in [-0.3, -0.25) is 0 Å². The number of amides is 2. The topological polar surface area (TPSA) is 59.4 Å². The predicted octanol–water partition coefficient (Wildman–Crippen LogP) is 1.34. The van der Waals surface area contributed by atoms with Gasteiger partial charge in [-0.15, -0.1) is 0 Å². The number of nitrogens with zero attached hydrogens (tertiary/aromatic N) is 3. The van der Waals surface area contributed by atoms with E-state index < -0.39 is 0 Å². The Kier molecular flexibility index (Phi) is 5.40. The van der Waals surface area contributed by atoms with E-state index in [-0.39, 0.29) is 12.1 Å². The van der Waals surface area contributed by atoms with Crippen molar-refractivity contribution in [1.82, 2.24) is 19.8 Å². The summed E-state index contributed by atoms with van der Waals surface area (Å²) >= 11 is 0. The number of hydrogen-bond donors (Lipinski definition) is 1. The van der Waals surface area contributed by atoms with E-state index in [2.05, 4.69) is 10.3 Å². The Bertz CT molecular complexity index is 401. The molecule has 6 heteroatoms. The van der Waals surface area contributed by atoms with Crippen molar-refractivity contribution in [3.8, 4) is 0 Å². The highest BCUT2D eigenvalue weighted by Gasteiger charge is 2.22. The maximum atomic E-state index is 12.3. The number of aromatic nitrogens is 2. The van der Waals surface area contributed by atoms with E-state index in [1.165, 1.54) is 0 Å². The summed E-state index contributed by atoms with van der Waals surface area (Å²) in [6.45, 7) is 7.84. The van der Waals surface area contributed by atoms with Crippen LogP contribution in [0.15, 0.2) is 18.7 Å². The second-order valence-corrected chi connectivity index (χ2v) is 5.38. The van der Waals surface area contributed by atoms with E-state index in [4.69, 9.17) is 4.74 Å². The number of carbonyl (C=O) groups excluding carboxylic acids is 1. The van der Waals surface area contributed by atoms with Crippen LogP contribution in [0.5, 0.6) is 0 Å². The molecule has 0 radical (unpaired) electrons. The number of urea groups is 1. The summed E-state index contributed by atoms with van der Waals surface area (Å²) in [5, 5.41) is 3.04. The zero-order valence-electron chi connectivity index (χ0n) is 12.3. The van der Waals surface area contributed by atoms with Gasteiger partial charge in [0.05, 0.1) is 12.9 Å². The van der Waals surface area contributed by atoms with Crippen LogP contribution in [0, 0.1) is 5.92 Å². The molecule has 0 aromatic carbocycles.